The van der Waals surface area contributed by atoms with Gasteiger partial charge < -0.3 is 4.84 Å². The topological polar surface area (TPSA) is 21.3 Å². The van der Waals surface area contributed by atoms with Crippen molar-refractivity contribution in [3.8, 4) is 0 Å². The molecule has 0 radical (unpaired) electrons. The maximum absolute atomic E-state index is 13.0. The lowest BCUT2D eigenvalue weighted by atomic mass is 10.1. The molecular formula is C9H9FINO. The molecule has 0 saturated carbocycles. The third-order valence-electron chi connectivity index (χ3n) is 2.02. The quantitative estimate of drug-likeness (QED) is 0.803. The molecule has 0 bridgehead atoms. The molecule has 1 aromatic carbocycles. The Hall–Kier alpha value is -0.200. The number of benzene rings is 1. The monoisotopic (exact) mass is 293 g/mol. The van der Waals surface area contributed by atoms with Gasteiger partial charge in [-0.2, -0.15) is 5.48 Å². The summed E-state index contributed by atoms with van der Waals surface area (Å²) in [4.78, 5) is 5.02. The molecule has 2 rings (SSSR count). The number of hydrogen-bond acceptors (Lipinski definition) is 2. The predicted molar refractivity (Wildman–Crippen MR) is 55.6 cm³/mol. The van der Waals surface area contributed by atoms with Gasteiger partial charge in [-0.3, -0.25) is 0 Å². The average molecular weight is 293 g/mol. The summed E-state index contributed by atoms with van der Waals surface area (Å²) >= 11 is 2.11. The fraction of sp³-hybridized carbons (Fsp3) is 0.333. The summed E-state index contributed by atoms with van der Waals surface area (Å²) < 4.78 is 13.9. The second-order valence-electron chi connectivity index (χ2n) is 3.01. The third kappa shape index (κ3) is 2.18. The number of hydrogen-bond donors (Lipinski definition) is 1. The first kappa shape index (κ1) is 9.36. The van der Waals surface area contributed by atoms with Crippen LogP contribution < -0.4 is 5.48 Å². The van der Waals surface area contributed by atoms with Gasteiger partial charge >= 0.3 is 0 Å². The van der Waals surface area contributed by atoms with E-state index in [1.807, 2.05) is 6.07 Å². The molecular weight excluding hydrogens is 284 g/mol. The van der Waals surface area contributed by atoms with Gasteiger partial charge in [0.15, 0.2) is 0 Å². The Morgan fingerprint density at radius 1 is 1.46 bits per heavy atom. The Kier molecular flexibility index (Phi) is 2.80. The van der Waals surface area contributed by atoms with Crippen molar-refractivity contribution in [2.24, 2.45) is 0 Å². The van der Waals surface area contributed by atoms with Gasteiger partial charge in [0.25, 0.3) is 0 Å². The highest BCUT2D eigenvalue weighted by molar-refractivity contribution is 14.1. The Balaban J connectivity index is 2.28. The van der Waals surface area contributed by atoms with Crippen LogP contribution in [-0.2, 0) is 4.84 Å². The van der Waals surface area contributed by atoms with Crippen LogP contribution in [0, 0.1) is 9.39 Å². The molecule has 1 fully saturated rings. The molecule has 0 spiro atoms. The predicted octanol–water partition coefficient (Wildman–Crippen LogP) is 2.40. The van der Waals surface area contributed by atoms with Gasteiger partial charge in [0.1, 0.15) is 5.82 Å². The first-order valence-electron chi connectivity index (χ1n) is 4.09. The van der Waals surface area contributed by atoms with Crippen LogP contribution in [0.25, 0.3) is 0 Å². The van der Waals surface area contributed by atoms with Crippen molar-refractivity contribution in [1.29, 1.82) is 0 Å². The lowest BCUT2D eigenvalue weighted by molar-refractivity contribution is 0.0882. The van der Waals surface area contributed by atoms with Gasteiger partial charge in [-0.1, -0.05) is 0 Å². The van der Waals surface area contributed by atoms with E-state index in [2.05, 4.69) is 28.1 Å². The maximum atomic E-state index is 13.0. The molecule has 1 heterocycles. The van der Waals surface area contributed by atoms with E-state index in [1.54, 1.807) is 6.07 Å². The first-order valence-corrected chi connectivity index (χ1v) is 5.17. The minimum Gasteiger partial charge on any atom is -0.301 e. The van der Waals surface area contributed by atoms with Crippen molar-refractivity contribution in [1.82, 2.24) is 5.48 Å². The molecule has 4 heteroatoms. The summed E-state index contributed by atoms with van der Waals surface area (Å²) in [6.07, 6.45) is 0.902. The minimum absolute atomic E-state index is 0.143. The summed E-state index contributed by atoms with van der Waals surface area (Å²) in [5.41, 5.74) is 3.82. The third-order valence-corrected chi connectivity index (χ3v) is 2.64. The van der Waals surface area contributed by atoms with Crippen LogP contribution in [0.1, 0.15) is 18.0 Å². The van der Waals surface area contributed by atoms with Crippen molar-refractivity contribution >= 4 is 22.6 Å². The zero-order valence-electron chi connectivity index (χ0n) is 6.89. The smallest absolute Gasteiger partial charge is 0.124 e. The van der Waals surface area contributed by atoms with Crippen LogP contribution >= 0.6 is 22.6 Å². The maximum Gasteiger partial charge on any atom is 0.124 e. The van der Waals surface area contributed by atoms with Gasteiger partial charge in [0.05, 0.1) is 12.6 Å². The summed E-state index contributed by atoms with van der Waals surface area (Å²) in [5, 5.41) is 0. The number of nitrogens with one attached hydrogen (secondary N) is 1. The van der Waals surface area contributed by atoms with Crippen molar-refractivity contribution in [2.45, 2.75) is 12.5 Å². The molecule has 0 aromatic heterocycles. The van der Waals surface area contributed by atoms with Crippen LogP contribution in [-0.4, -0.2) is 6.61 Å². The van der Waals surface area contributed by atoms with E-state index in [-0.39, 0.29) is 11.9 Å². The molecule has 1 aliphatic rings. The van der Waals surface area contributed by atoms with Gasteiger partial charge in [0, 0.05) is 3.57 Å². The highest BCUT2D eigenvalue weighted by Gasteiger charge is 2.17. The minimum atomic E-state index is -0.185. The second-order valence-corrected chi connectivity index (χ2v) is 4.26. The van der Waals surface area contributed by atoms with Crippen LogP contribution in [0.2, 0.25) is 0 Å². The van der Waals surface area contributed by atoms with E-state index in [4.69, 9.17) is 4.84 Å². The van der Waals surface area contributed by atoms with Crippen LogP contribution in [0.3, 0.4) is 0 Å². The standard InChI is InChI=1S/C9H9FINO/c10-7-3-6(4-8(11)5-7)9-1-2-13-12-9/h3-5,9,12H,1-2H2/t9-/m0/s1. The van der Waals surface area contributed by atoms with E-state index < -0.39 is 0 Å². The van der Waals surface area contributed by atoms with Crippen LogP contribution in [0.15, 0.2) is 18.2 Å². The highest BCUT2D eigenvalue weighted by Crippen LogP contribution is 2.23. The van der Waals surface area contributed by atoms with Crippen molar-refractivity contribution in [3.63, 3.8) is 0 Å². The van der Waals surface area contributed by atoms with Crippen LogP contribution in [0.4, 0.5) is 4.39 Å². The van der Waals surface area contributed by atoms with Gasteiger partial charge in [-0.05, 0) is 52.8 Å². The molecule has 0 amide bonds. The van der Waals surface area contributed by atoms with E-state index in [0.717, 1.165) is 15.6 Å². The number of rotatable bonds is 1. The molecule has 1 saturated heterocycles. The highest BCUT2D eigenvalue weighted by atomic mass is 127. The zero-order chi connectivity index (χ0) is 9.26. The fourth-order valence-corrected chi connectivity index (χ4v) is 2.06. The lowest BCUT2D eigenvalue weighted by Gasteiger charge is -2.08. The Bertz CT molecular complexity index is 292. The molecule has 1 N–H and O–H groups in total. The molecule has 2 nitrogen and oxygen atoms in total. The fourth-order valence-electron chi connectivity index (χ4n) is 1.41. The van der Waals surface area contributed by atoms with Gasteiger partial charge in [-0.25, -0.2) is 4.39 Å². The molecule has 13 heavy (non-hydrogen) atoms. The number of hydroxylamine groups is 1. The SMILES string of the molecule is Fc1cc(I)cc([C@@H]2CCON2)c1. The van der Waals surface area contributed by atoms with Crippen molar-refractivity contribution in [2.75, 3.05) is 6.61 Å². The van der Waals surface area contributed by atoms with Gasteiger partial charge in [0.2, 0.25) is 0 Å². The van der Waals surface area contributed by atoms with Crippen molar-refractivity contribution in [3.05, 3.63) is 33.1 Å². The zero-order valence-corrected chi connectivity index (χ0v) is 9.05. The largest absolute Gasteiger partial charge is 0.301 e. The average Bonchev–Trinajstić information content (AvgIpc) is 2.53. The first-order chi connectivity index (χ1) is 6.25. The summed E-state index contributed by atoms with van der Waals surface area (Å²) in [6.45, 7) is 0.692. The molecule has 1 aliphatic heterocycles. The normalized spacial score (nSPS) is 22.2. The summed E-state index contributed by atoms with van der Waals surface area (Å²) in [7, 11) is 0. The van der Waals surface area contributed by atoms with E-state index in [0.29, 0.717) is 6.61 Å². The second kappa shape index (κ2) is 3.89. The van der Waals surface area contributed by atoms with E-state index >= 15 is 0 Å². The van der Waals surface area contributed by atoms with E-state index in [1.165, 1.54) is 6.07 Å². The Morgan fingerprint density at radius 2 is 2.31 bits per heavy atom. The number of halogens is 2. The summed E-state index contributed by atoms with van der Waals surface area (Å²) in [5.74, 6) is -0.185. The Labute approximate surface area is 89.6 Å². The Morgan fingerprint density at radius 3 is 2.92 bits per heavy atom. The van der Waals surface area contributed by atoms with Crippen LogP contribution in [0.5, 0.6) is 0 Å². The lowest BCUT2D eigenvalue weighted by Crippen LogP contribution is -2.11. The van der Waals surface area contributed by atoms with Crippen molar-refractivity contribution < 1.29 is 9.23 Å². The van der Waals surface area contributed by atoms with E-state index in [9.17, 15) is 4.39 Å². The molecule has 0 unspecified atom stereocenters. The molecule has 0 aliphatic carbocycles. The molecule has 1 atom stereocenters. The summed E-state index contributed by atoms with van der Waals surface area (Å²) in [6, 6.07) is 5.17. The molecule has 70 valence electrons. The molecule has 1 aromatic rings. The van der Waals surface area contributed by atoms with Gasteiger partial charge in [-0.15, -0.1) is 0 Å².